The van der Waals surface area contributed by atoms with Crippen LogP contribution in [-0.4, -0.2) is 18.9 Å². The molecule has 0 radical (unpaired) electrons. The minimum Gasteiger partial charge on any atom is -0.469 e. The van der Waals surface area contributed by atoms with Gasteiger partial charge >= 0.3 is 5.97 Å². The van der Waals surface area contributed by atoms with Gasteiger partial charge in [-0.05, 0) is 60.6 Å². The van der Waals surface area contributed by atoms with Crippen LogP contribution < -0.4 is 0 Å². The molecular weight excluding hydrogens is 384 g/mol. The molecule has 0 heterocycles. The van der Waals surface area contributed by atoms with E-state index in [0.717, 1.165) is 49.7 Å². The molecule has 0 saturated heterocycles. The number of ether oxygens (including phenoxy) is 1. The van der Waals surface area contributed by atoms with E-state index >= 15 is 0 Å². The number of rotatable bonds is 10. The molecule has 31 heavy (non-hydrogen) atoms. The van der Waals surface area contributed by atoms with Crippen LogP contribution in [0, 0.1) is 6.92 Å². The summed E-state index contributed by atoms with van der Waals surface area (Å²) < 4.78 is 4.78. The summed E-state index contributed by atoms with van der Waals surface area (Å²) in [6.45, 7) is 10.6. The predicted octanol–water partition coefficient (Wildman–Crippen LogP) is 7.24. The molecule has 0 saturated carbocycles. The third-order valence-corrected chi connectivity index (χ3v) is 5.57. The van der Waals surface area contributed by atoms with Crippen molar-refractivity contribution in [1.29, 1.82) is 0 Å². The largest absolute Gasteiger partial charge is 0.469 e. The number of carbonyl (C=O) groups is 2. The number of benzene rings is 2. The standard InChI is InChI=1S/C16H24O.C12H16O2/c1-5-8-13-10-15(16(17)7-3)11-14(9-6-2)12(13)4;1-3-7-11(12(13)14-2)10-8-5-4-6-9-10/h10-11H,5-9H2,1-4H3;4-6,8-9,11H,3,7H2,1-2H3. The van der Waals surface area contributed by atoms with E-state index in [1.54, 1.807) is 0 Å². The molecule has 170 valence electrons. The van der Waals surface area contributed by atoms with Gasteiger partial charge in [0, 0.05) is 12.0 Å². The van der Waals surface area contributed by atoms with Gasteiger partial charge in [-0.25, -0.2) is 0 Å². The summed E-state index contributed by atoms with van der Waals surface area (Å²) in [5.74, 6) is 0.0176. The molecule has 2 aromatic carbocycles. The molecule has 3 nitrogen and oxygen atoms in total. The van der Waals surface area contributed by atoms with E-state index in [1.165, 1.54) is 23.8 Å². The Morgan fingerprint density at radius 1 is 0.871 bits per heavy atom. The summed E-state index contributed by atoms with van der Waals surface area (Å²) in [7, 11) is 1.44. The molecule has 0 bridgehead atoms. The number of esters is 1. The lowest BCUT2D eigenvalue weighted by molar-refractivity contribution is -0.142. The fourth-order valence-electron chi connectivity index (χ4n) is 3.80. The average molecular weight is 425 g/mol. The topological polar surface area (TPSA) is 43.4 Å². The SMILES string of the molecule is CCCC(C(=O)OC)c1ccccc1.CCCc1cc(C(=O)CC)cc(CCC)c1C. The lowest BCUT2D eigenvalue weighted by Gasteiger charge is -2.13. The van der Waals surface area contributed by atoms with Gasteiger partial charge in [-0.3, -0.25) is 9.59 Å². The highest BCUT2D eigenvalue weighted by Crippen LogP contribution is 2.22. The Morgan fingerprint density at radius 2 is 1.42 bits per heavy atom. The second-order valence-corrected chi connectivity index (χ2v) is 7.97. The Balaban J connectivity index is 0.000000316. The number of hydrogen-bond acceptors (Lipinski definition) is 3. The quantitative estimate of drug-likeness (QED) is 0.298. The maximum Gasteiger partial charge on any atom is 0.313 e. The van der Waals surface area contributed by atoms with Gasteiger partial charge < -0.3 is 4.74 Å². The smallest absolute Gasteiger partial charge is 0.313 e. The second kappa shape index (κ2) is 14.6. The maximum atomic E-state index is 11.8. The van der Waals surface area contributed by atoms with Crippen LogP contribution in [0.25, 0.3) is 0 Å². The summed E-state index contributed by atoms with van der Waals surface area (Å²) in [6.07, 6.45) is 6.85. The summed E-state index contributed by atoms with van der Waals surface area (Å²) in [5.41, 5.74) is 6.05. The minimum absolute atomic E-state index is 0.105. The van der Waals surface area contributed by atoms with Crippen LogP contribution in [0.5, 0.6) is 0 Å². The van der Waals surface area contributed by atoms with Gasteiger partial charge in [-0.2, -0.15) is 0 Å². The summed E-state index contributed by atoms with van der Waals surface area (Å²) in [4.78, 5) is 23.3. The zero-order chi connectivity index (χ0) is 23.2. The van der Waals surface area contributed by atoms with Gasteiger partial charge in [0.2, 0.25) is 0 Å². The molecule has 0 amide bonds. The summed E-state index contributed by atoms with van der Waals surface area (Å²) in [5, 5.41) is 0. The van der Waals surface area contributed by atoms with Crippen LogP contribution in [0.2, 0.25) is 0 Å². The first kappa shape index (κ1) is 26.6. The fraction of sp³-hybridized carbons (Fsp3) is 0.500. The Labute approximate surface area is 189 Å². The van der Waals surface area contributed by atoms with Gasteiger partial charge in [-0.1, -0.05) is 77.3 Å². The molecule has 0 aliphatic carbocycles. The average Bonchev–Trinajstić information content (AvgIpc) is 2.80. The number of hydrogen-bond donors (Lipinski definition) is 0. The number of ketones is 1. The molecule has 0 fully saturated rings. The molecule has 0 aliphatic rings. The van der Waals surface area contributed by atoms with Crippen LogP contribution in [-0.2, 0) is 22.4 Å². The molecule has 1 unspecified atom stereocenters. The van der Waals surface area contributed by atoms with Crippen molar-refractivity contribution < 1.29 is 14.3 Å². The van der Waals surface area contributed by atoms with Gasteiger partial charge in [0.05, 0.1) is 13.0 Å². The first-order chi connectivity index (χ1) is 14.9. The molecule has 3 heteroatoms. The fourth-order valence-corrected chi connectivity index (χ4v) is 3.80. The van der Waals surface area contributed by atoms with Crippen molar-refractivity contribution >= 4 is 11.8 Å². The van der Waals surface area contributed by atoms with Crippen molar-refractivity contribution in [2.75, 3.05) is 7.11 Å². The zero-order valence-electron chi connectivity index (χ0n) is 20.3. The molecule has 0 aliphatic heterocycles. The molecular formula is C28H40O3. The molecule has 2 rings (SSSR count). The minimum atomic E-state index is -0.141. The van der Waals surface area contributed by atoms with Gasteiger partial charge in [0.15, 0.2) is 5.78 Å². The molecule has 1 atom stereocenters. The molecule has 0 N–H and O–H groups in total. The van der Waals surface area contributed by atoms with E-state index in [-0.39, 0.29) is 17.7 Å². The van der Waals surface area contributed by atoms with E-state index in [4.69, 9.17) is 4.74 Å². The second-order valence-electron chi connectivity index (χ2n) is 7.97. The van der Waals surface area contributed by atoms with Gasteiger partial charge in [-0.15, -0.1) is 0 Å². The normalized spacial score (nSPS) is 11.3. The Kier molecular flexibility index (Phi) is 12.5. The van der Waals surface area contributed by atoms with Crippen molar-refractivity contribution in [3.63, 3.8) is 0 Å². The van der Waals surface area contributed by atoms with E-state index in [9.17, 15) is 9.59 Å². The zero-order valence-corrected chi connectivity index (χ0v) is 20.3. The number of aryl methyl sites for hydroxylation is 2. The summed E-state index contributed by atoms with van der Waals surface area (Å²) >= 11 is 0. The third-order valence-electron chi connectivity index (χ3n) is 5.57. The maximum absolute atomic E-state index is 11.8. The van der Waals surface area contributed by atoms with Crippen LogP contribution in [0.4, 0.5) is 0 Å². The monoisotopic (exact) mass is 424 g/mol. The Bertz CT molecular complexity index is 781. The number of methoxy groups -OCH3 is 1. The van der Waals surface area contributed by atoms with E-state index < -0.39 is 0 Å². The number of Topliss-reactive ketones (excluding diaryl/α,β-unsaturated/α-hetero) is 1. The van der Waals surface area contributed by atoms with Crippen molar-refractivity contribution in [1.82, 2.24) is 0 Å². The van der Waals surface area contributed by atoms with Crippen molar-refractivity contribution in [3.8, 4) is 0 Å². The molecule has 0 aromatic heterocycles. The predicted molar refractivity (Wildman–Crippen MR) is 130 cm³/mol. The highest BCUT2D eigenvalue weighted by Gasteiger charge is 2.19. The number of carbonyl (C=O) groups excluding carboxylic acids is 2. The van der Waals surface area contributed by atoms with Crippen LogP contribution in [0.3, 0.4) is 0 Å². The van der Waals surface area contributed by atoms with E-state index in [1.807, 2.05) is 37.3 Å². The highest BCUT2D eigenvalue weighted by molar-refractivity contribution is 5.96. The summed E-state index contributed by atoms with van der Waals surface area (Å²) in [6, 6.07) is 14.0. The van der Waals surface area contributed by atoms with Gasteiger partial charge in [0.1, 0.15) is 0 Å². The lowest BCUT2D eigenvalue weighted by atomic mass is 9.92. The molecule has 2 aromatic rings. The van der Waals surface area contributed by atoms with Crippen LogP contribution in [0.1, 0.15) is 98.3 Å². The first-order valence-electron chi connectivity index (χ1n) is 11.7. The van der Waals surface area contributed by atoms with Crippen LogP contribution in [0.15, 0.2) is 42.5 Å². The highest BCUT2D eigenvalue weighted by atomic mass is 16.5. The van der Waals surface area contributed by atoms with E-state index in [2.05, 4.69) is 39.8 Å². The van der Waals surface area contributed by atoms with Crippen molar-refractivity contribution in [2.24, 2.45) is 0 Å². The van der Waals surface area contributed by atoms with Crippen molar-refractivity contribution in [3.05, 3.63) is 70.3 Å². The Hall–Kier alpha value is -2.42. The first-order valence-corrected chi connectivity index (χ1v) is 11.7. The van der Waals surface area contributed by atoms with Crippen LogP contribution >= 0.6 is 0 Å². The third kappa shape index (κ3) is 8.32. The van der Waals surface area contributed by atoms with Crippen molar-refractivity contribution in [2.45, 2.75) is 85.5 Å². The Morgan fingerprint density at radius 3 is 1.84 bits per heavy atom. The van der Waals surface area contributed by atoms with E-state index in [0.29, 0.717) is 6.42 Å². The molecule has 0 spiro atoms. The lowest BCUT2D eigenvalue weighted by Crippen LogP contribution is -2.13. The van der Waals surface area contributed by atoms with Gasteiger partial charge in [0.25, 0.3) is 0 Å².